The molecule has 0 spiro atoms. The summed E-state index contributed by atoms with van der Waals surface area (Å²) in [7, 11) is 0. The SMILES string of the molecule is N#CN.[Pb].[Zn]. The van der Waals surface area contributed by atoms with Gasteiger partial charge in [0, 0.05) is 46.8 Å². The maximum atomic E-state index is 7.10. The van der Waals surface area contributed by atoms with Gasteiger partial charge in [0.25, 0.3) is 0 Å². The van der Waals surface area contributed by atoms with Gasteiger partial charge in [-0.2, -0.15) is 5.26 Å². The first-order valence-corrected chi connectivity index (χ1v) is 0.512. The van der Waals surface area contributed by atoms with Crippen LogP contribution in [0.1, 0.15) is 0 Å². The van der Waals surface area contributed by atoms with Crippen LogP contribution in [0, 0.1) is 11.5 Å². The molecule has 0 unspecified atom stereocenters. The van der Waals surface area contributed by atoms with Gasteiger partial charge in [-0.1, -0.05) is 0 Å². The Morgan fingerprint density at radius 3 is 1.60 bits per heavy atom. The third kappa shape index (κ3) is 55.7. The molecule has 2 N–H and O–H groups in total. The van der Waals surface area contributed by atoms with Crippen molar-refractivity contribution in [2.45, 2.75) is 0 Å². The molecule has 0 aliphatic rings. The van der Waals surface area contributed by atoms with Gasteiger partial charge in [-0.3, -0.25) is 0 Å². The average molecular weight is 315 g/mol. The predicted molar refractivity (Wildman–Crippen MR) is 15.6 cm³/mol. The molecule has 0 aromatic heterocycles. The molecule has 0 rings (SSSR count). The normalized spacial score (nSPS) is 1.40. The summed E-state index contributed by atoms with van der Waals surface area (Å²) in [6.07, 6.45) is 1.25. The molecule has 0 aliphatic carbocycles. The van der Waals surface area contributed by atoms with E-state index in [1.165, 1.54) is 6.19 Å². The van der Waals surface area contributed by atoms with Crippen LogP contribution in [0.15, 0.2) is 0 Å². The van der Waals surface area contributed by atoms with Gasteiger partial charge in [-0.15, -0.1) is 0 Å². The first-order valence-electron chi connectivity index (χ1n) is 0.512. The Labute approximate surface area is 63.6 Å². The van der Waals surface area contributed by atoms with Gasteiger partial charge >= 0.3 is 0 Å². The quantitative estimate of drug-likeness (QED) is 0.356. The van der Waals surface area contributed by atoms with E-state index < -0.39 is 0 Å². The monoisotopic (exact) mass is 314 g/mol. The summed E-state index contributed by atoms with van der Waals surface area (Å²) >= 11 is 0. The Balaban J connectivity index is -0.0000000200. The van der Waals surface area contributed by atoms with E-state index in [0.29, 0.717) is 0 Å². The number of nitrogens with two attached hydrogens (primary N) is 1. The largest absolute Gasteiger partial charge is 0.337 e. The first kappa shape index (κ1) is 17.0. The van der Waals surface area contributed by atoms with Crippen LogP contribution in [0.5, 0.6) is 0 Å². The van der Waals surface area contributed by atoms with Crippen molar-refractivity contribution in [3.63, 3.8) is 0 Å². The van der Waals surface area contributed by atoms with E-state index in [9.17, 15) is 0 Å². The summed E-state index contributed by atoms with van der Waals surface area (Å²) in [4.78, 5) is 0. The van der Waals surface area contributed by atoms with Crippen LogP contribution in [0.3, 0.4) is 0 Å². The third-order valence-corrected chi connectivity index (χ3v) is 0. The Morgan fingerprint density at radius 1 is 1.60 bits per heavy atom. The second-order valence-corrected chi connectivity index (χ2v) is 0.129. The molecule has 4 radical (unpaired) electrons. The Bertz CT molecular complexity index is 31.1. The van der Waals surface area contributed by atoms with Crippen molar-refractivity contribution in [3.05, 3.63) is 0 Å². The second kappa shape index (κ2) is 21.1. The van der Waals surface area contributed by atoms with Crippen LogP contribution < -0.4 is 5.73 Å². The van der Waals surface area contributed by atoms with Gasteiger partial charge in [-0.25, -0.2) is 0 Å². The zero-order valence-corrected chi connectivity index (χ0v) is 9.59. The summed E-state index contributed by atoms with van der Waals surface area (Å²) in [5.74, 6) is 0. The van der Waals surface area contributed by atoms with Crippen molar-refractivity contribution in [2.24, 2.45) is 5.73 Å². The van der Waals surface area contributed by atoms with E-state index in [2.05, 4.69) is 5.73 Å². The number of rotatable bonds is 0. The minimum atomic E-state index is 0. The van der Waals surface area contributed by atoms with E-state index in [-0.39, 0.29) is 46.8 Å². The summed E-state index contributed by atoms with van der Waals surface area (Å²) in [5.41, 5.74) is 4.15. The standard InChI is InChI=1S/CH2N2.Pb.Zn/c2-1-3;;/h2H2;;. The fourth-order valence-electron chi connectivity index (χ4n) is 0. The molecule has 22 valence electrons. The Morgan fingerprint density at radius 2 is 1.60 bits per heavy atom. The van der Waals surface area contributed by atoms with E-state index >= 15 is 0 Å². The first-order chi connectivity index (χ1) is 1.41. The molecule has 0 saturated carbocycles. The van der Waals surface area contributed by atoms with Crippen LogP contribution in [0.2, 0.25) is 0 Å². The summed E-state index contributed by atoms with van der Waals surface area (Å²) < 4.78 is 0. The van der Waals surface area contributed by atoms with E-state index in [1.54, 1.807) is 0 Å². The molecule has 0 fully saturated rings. The molecule has 0 aliphatic heterocycles. The van der Waals surface area contributed by atoms with Crippen LogP contribution >= 0.6 is 0 Å². The molecular formula is CH2N2PbZn. The van der Waals surface area contributed by atoms with Gasteiger partial charge in [0.1, 0.15) is 0 Å². The van der Waals surface area contributed by atoms with Gasteiger partial charge in [0.2, 0.25) is 0 Å². The fourth-order valence-corrected chi connectivity index (χ4v) is 0. The smallest absolute Gasteiger partial charge is 0.173 e. The van der Waals surface area contributed by atoms with E-state index in [1.807, 2.05) is 0 Å². The van der Waals surface area contributed by atoms with Gasteiger partial charge in [-0.05, 0) is 0 Å². The van der Waals surface area contributed by atoms with Crippen molar-refractivity contribution in [1.82, 2.24) is 0 Å². The molecule has 0 bridgehead atoms. The van der Waals surface area contributed by atoms with Gasteiger partial charge in [0.15, 0.2) is 6.19 Å². The molecule has 0 amide bonds. The second-order valence-electron chi connectivity index (χ2n) is 0.129. The van der Waals surface area contributed by atoms with Crippen LogP contribution in [0.4, 0.5) is 0 Å². The molecular weight excluding hydrogens is 313 g/mol. The molecule has 2 nitrogen and oxygen atoms in total. The molecule has 0 aromatic carbocycles. The maximum Gasteiger partial charge on any atom is 0.173 e. The molecule has 4 heteroatoms. The summed E-state index contributed by atoms with van der Waals surface area (Å²) in [5, 5.41) is 7.10. The average Bonchev–Trinajstić information content (AvgIpc) is 0.918. The molecule has 0 atom stereocenters. The van der Waals surface area contributed by atoms with Crippen LogP contribution in [-0.2, 0) is 19.5 Å². The number of hydrogen-bond donors (Lipinski definition) is 1. The fraction of sp³-hybridized carbons (Fsp3) is 0. The van der Waals surface area contributed by atoms with Crippen LogP contribution in [-0.4, -0.2) is 27.3 Å². The molecule has 5 heavy (non-hydrogen) atoms. The number of nitriles is 1. The number of hydrogen-bond acceptors (Lipinski definition) is 2. The topological polar surface area (TPSA) is 49.8 Å². The molecule has 0 aromatic rings. The van der Waals surface area contributed by atoms with E-state index in [4.69, 9.17) is 5.26 Å². The van der Waals surface area contributed by atoms with Gasteiger partial charge < -0.3 is 5.73 Å². The molecule has 0 heterocycles. The Kier molecular flexibility index (Phi) is 71.7. The van der Waals surface area contributed by atoms with Gasteiger partial charge in [0.05, 0.1) is 0 Å². The maximum absolute atomic E-state index is 7.10. The van der Waals surface area contributed by atoms with Crippen molar-refractivity contribution in [3.8, 4) is 6.19 Å². The van der Waals surface area contributed by atoms with Crippen molar-refractivity contribution in [1.29, 1.82) is 5.26 Å². The van der Waals surface area contributed by atoms with Crippen molar-refractivity contribution in [2.75, 3.05) is 0 Å². The predicted octanol–water partition coefficient (Wildman–Crippen LogP) is -0.957. The third-order valence-electron chi connectivity index (χ3n) is 0. The molecule has 0 saturated heterocycles. The summed E-state index contributed by atoms with van der Waals surface area (Å²) in [6, 6.07) is 0. The Hall–Kier alpha value is 0.835. The number of nitrogens with zero attached hydrogens (tertiary/aromatic N) is 1. The van der Waals surface area contributed by atoms with Crippen LogP contribution in [0.25, 0.3) is 0 Å². The zero-order valence-electron chi connectivity index (χ0n) is 2.73. The minimum absolute atomic E-state index is 0. The van der Waals surface area contributed by atoms with Crippen molar-refractivity contribution < 1.29 is 19.5 Å². The van der Waals surface area contributed by atoms with Crippen molar-refractivity contribution >= 4 is 27.3 Å². The van der Waals surface area contributed by atoms with E-state index in [0.717, 1.165) is 0 Å². The minimum Gasteiger partial charge on any atom is -0.337 e. The summed E-state index contributed by atoms with van der Waals surface area (Å²) in [6.45, 7) is 0. The zero-order chi connectivity index (χ0) is 2.71.